The van der Waals surface area contributed by atoms with Crippen LogP contribution in [-0.4, -0.2) is 30.0 Å². The van der Waals surface area contributed by atoms with Crippen LogP contribution in [0.25, 0.3) is 0 Å². The zero-order chi connectivity index (χ0) is 16.2. The Kier molecular flexibility index (Phi) is 5.13. The van der Waals surface area contributed by atoms with E-state index in [1.807, 2.05) is 5.38 Å². The number of nitrogens with one attached hydrogen (secondary N) is 1. The second-order valence-electron chi connectivity index (χ2n) is 5.56. The minimum absolute atomic E-state index is 0.0106. The molecule has 1 N–H and O–H groups in total. The van der Waals surface area contributed by atoms with E-state index in [4.69, 9.17) is 11.6 Å². The number of nitrogens with zero attached hydrogens (tertiary/aromatic N) is 2. The van der Waals surface area contributed by atoms with E-state index in [0.717, 1.165) is 30.2 Å². The second kappa shape index (κ2) is 7.27. The molecule has 122 valence electrons. The zero-order valence-corrected chi connectivity index (χ0v) is 14.0. The number of thiazole rings is 1. The quantitative estimate of drug-likeness (QED) is 0.897. The summed E-state index contributed by atoms with van der Waals surface area (Å²) in [7, 11) is 0. The molecule has 1 aromatic heterocycles. The molecule has 2 heterocycles. The van der Waals surface area contributed by atoms with E-state index in [0.29, 0.717) is 12.8 Å². The Morgan fingerprint density at radius 1 is 1.52 bits per heavy atom. The van der Waals surface area contributed by atoms with Crippen LogP contribution in [0.1, 0.15) is 18.4 Å². The van der Waals surface area contributed by atoms with Crippen LogP contribution in [0.2, 0.25) is 5.02 Å². The molecule has 23 heavy (non-hydrogen) atoms. The van der Waals surface area contributed by atoms with Crippen molar-refractivity contribution in [2.45, 2.75) is 25.3 Å². The van der Waals surface area contributed by atoms with Gasteiger partial charge in [-0.15, -0.1) is 11.3 Å². The molecule has 1 fully saturated rings. The fraction of sp³-hybridized carbons (Fsp3) is 0.375. The van der Waals surface area contributed by atoms with Crippen molar-refractivity contribution in [2.75, 3.05) is 18.0 Å². The molecule has 1 aliphatic heterocycles. The molecule has 1 aromatic carbocycles. The Labute approximate surface area is 143 Å². The van der Waals surface area contributed by atoms with Gasteiger partial charge in [0.1, 0.15) is 5.82 Å². The predicted molar refractivity (Wildman–Crippen MR) is 90.6 cm³/mol. The Morgan fingerprint density at radius 2 is 2.39 bits per heavy atom. The summed E-state index contributed by atoms with van der Waals surface area (Å²) in [6.07, 6.45) is 3.64. The number of carbonyl (C=O) groups is 1. The average Bonchev–Trinajstić information content (AvgIpc) is 3.19. The van der Waals surface area contributed by atoms with Crippen molar-refractivity contribution in [1.29, 1.82) is 0 Å². The van der Waals surface area contributed by atoms with Crippen molar-refractivity contribution < 1.29 is 9.18 Å². The fourth-order valence-corrected chi connectivity index (χ4v) is 3.56. The maximum atomic E-state index is 13.1. The normalized spacial score (nSPS) is 17.5. The molecule has 0 spiro atoms. The molecule has 0 unspecified atom stereocenters. The van der Waals surface area contributed by atoms with Crippen molar-refractivity contribution >= 4 is 34.0 Å². The molecule has 3 rings (SSSR count). The SMILES string of the molecule is O=C(CCc1ccc(F)c(Cl)c1)N[C@@H]1CCN(c2nccs2)C1. The van der Waals surface area contributed by atoms with Crippen molar-refractivity contribution in [3.63, 3.8) is 0 Å². The van der Waals surface area contributed by atoms with Crippen LogP contribution in [0.15, 0.2) is 29.8 Å². The van der Waals surface area contributed by atoms with Crippen LogP contribution in [0, 0.1) is 5.82 Å². The van der Waals surface area contributed by atoms with Gasteiger partial charge in [0.15, 0.2) is 5.13 Å². The van der Waals surface area contributed by atoms with Crippen molar-refractivity contribution in [3.8, 4) is 0 Å². The topological polar surface area (TPSA) is 45.2 Å². The third-order valence-electron chi connectivity index (χ3n) is 3.87. The second-order valence-corrected chi connectivity index (χ2v) is 6.84. The van der Waals surface area contributed by atoms with Crippen LogP contribution in [0.3, 0.4) is 0 Å². The largest absolute Gasteiger partial charge is 0.352 e. The number of benzene rings is 1. The number of hydrogen-bond donors (Lipinski definition) is 1. The predicted octanol–water partition coefficient (Wildman–Crippen LogP) is 3.26. The highest BCUT2D eigenvalue weighted by atomic mass is 35.5. The third-order valence-corrected chi connectivity index (χ3v) is 4.99. The van der Waals surface area contributed by atoms with E-state index in [-0.39, 0.29) is 17.0 Å². The standard InChI is InChI=1S/C16H17ClFN3OS/c17-13-9-11(1-3-14(13)18)2-4-15(22)20-12-5-7-21(10-12)16-19-6-8-23-16/h1,3,6,8-9,12H,2,4-5,7,10H2,(H,20,22)/t12-/m1/s1. The minimum atomic E-state index is -0.437. The minimum Gasteiger partial charge on any atom is -0.352 e. The summed E-state index contributed by atoms with van der Waals surface area (Å²) in [5.74, 6) is -0.426. The fourth-order valence-electron chi connectivity index (χ4n) is 2.68. The Balaban J connectivity index is 1.45. The number of anilines is 1. The molecule has 1 saturated heterocycles. The molecule has 1 atom stereocenters. The molecule has 4 nitrogen and oxygen atoms in total. The van der Waals surface area contributed by atoms with Gasteiger partial charge in [-0.3, -0.25) is 4.79 Å². The highest BCUT2D eigenvalue weighted by Crippen LogP contribution is 2.22. The van der Waals surface area contributed by atoms with Crippen molar-refractivity contribution in [2.24, 2.45) is 0 Å². The van der Waals surface area contributed by atoms with Crippen molar-refractivity contribution in [3.05, 3.63) is 46.2 Å². The summed E-state index contributed by atoms with van der Waals surface area (Å²) >= 11 is 7.36. The van der Waals surface area contributed by atoms with Crippen LogP contribution in [-0.2, 0) is 11.2 Å². The third kappa shape index (κ3) is 4.20. The molecule has 0 aliphatic carbocycles. The first kappa shape index (κ1) is 16.2. The number of aryl methyl sites for hydroxylation is 1. The highest BCUT2D eigenvalue weighted by Gasteiger charge is 2.25. The van der Waals surface area contributed by atoms with Gasteiger partial charge >= 0.3 is 0 Å². The monoisotopic (exact) mass is 353 g/mol. The first-order valence-corrected chi connectivity index (χ1v) is 8.75. The Bertz CT molecular complexity index is 680. The van der Waals surface area contributed by atoms with E-state index < -0.39 is 5.82 Å². The van der Waals surface area contributed by atoms with Crippen LogP contribution in [0.4, 0.5) is 9.52 Å². The van der Waals surface area contributed by atoms with Gasteiger partial charge in [0.2, 0.25) is 5.91 Å². The molecule has 2 aromatic rings. The van der Waals surface area contributed by atoms with E-state index in [9.17, 15) is 9.18 Å². The highest BCUT2D eigenvalue weighted by molar-refractivity contribution is 7.13. The van der Waals surface area contributed by atoms with Gasteiger partial charge in [-0.1, -0.05) is 17.7 Å². The molecular weight excluding hydrogens is 337 g/mol. The number of carbonyl (C=O) groups excluding carboxylic acids is 1. The maximum absolute atomic E-state index is 13.1. The molecule has 0 radical (unpaired) electrons. The summed E-state index contributed by atoms with van der Waals surface area (Å²) in [5.41, 5.74) is 0.863. The Morgan fingerprint density at radius 3 is 3.13 bits per heavy atom. The molecule has 7 heteroatoms. The first-order chi connectivity index (χ1) is 11.1. The van der Waals surface area contributed by atoms with Gasteiger partial charge in [0, 0.05) is 37.1 Å². The first-order valence-electron chi connectivity index (χ1n) is 7.49. The van der Waals surface area contributed by atoms with Crippen LogP contribution >= 0.6 is 22.9 Å². The van der Waals surface area contributed by atoms with E-state index in [2.05, 4.69) is 15.2 Å². The summed E-state index contributed by atoms with van der Waals surface area (Å²) in [6, 6.07) is 4.72. The van der Waals surface area contributed by atoms with Gasteiger partial charge < -0.3 is 10.2 Å². The van der Waals surface area contributed by atoms with Gasteiger partial charge in [0.25, 0.3) is 0 Å². The smallest absolute Gasteiger partial charge is 0.220 e. The number of rotatable bonds is 5. The lowest BCUT2D eigenvalue weighted by Crippen LogP contribution is -2.37. The lowest BCUT2D eigenvalue weighted by Gasteiger charge is -2.15. The van der Waals surface area contributed by atoms with E-state index in [1.165, 1.54) is 6.07 Å². The zero-order valence-electron chi connectivity index (χ0n) is 12.5. The van der Waals surface area contributed by atoms with Crippen molar-refractivity contribution in [1.82, 2.24) is 10.3 Å². The molecule has 1 amide bonds. The lowest BCUT2D eigenvalue weighted by molar-refractivity contribution is -0.121. The lowest BCUT2D eigenvalue weighted by atomic mass is 10.1. The van der Waals surface area contributed by atoms with Gasteiger partial charge in [-0.25, -0.2) is 9.37 Å². The van der Waals surface area contributed by atoms with Crippen LogP contribution in [0.5, 0.6) is 0 Å². The molecule has 1 aliphatic rings. The summed E-state index contributed by atoms with van der Waals surface area (Å²) in [5, 5.41) is 6.11. The number of amides is 1. The molecular formula is C16H17ClFN3OS. The van der Waals surface area contributed by atoms with Gasteiger partial charge in [-0.05, 0) is 30.5 Å². The van der Waals surface area contributed by atoms with Crippen LogP contribution < -0.4 is 10.2 Å². The molecule has 0 bridgehead atoms. The number of hydrogen-bond acceptors (Lipinski definition) is 4. The summed E-state index contributed by atoms with van der Waals surface area (Å²) in [6.45, 7) is 1.70. The molecule has 0 saturated carbocycles. The number of aromatic nitrogens is 1. The summed E-state index contributed by atoms with van der Waals surface area (Å²) < 4.78 is 13.1. The Hall–Kier alpha value is -1.66. The average molecular weight is 354 g/mol. The van der Waals surface area contributed by atoms with E-state index >= 15 is 0 Å². The maximum Gasteiger partial charge on any atom is 0.220 e. The summed E-state index contributed by atoms with van der Waals surface area (Å²) in [4.78, 5) is 18.5. The number of halogens is 2. The van der Waals surface area contributed by atoms with Gasteiger partial charge in [0.05, 0.1) is 5.02 Å². The van der Waals surface area contributed by atoms with E-state index in [1.54, 1.807) is 29.7 Å². The van der Waals surface area contributed by atoms with Gasteiger partial charge in [-0.2, -0.15) is 0 Å².